The van der Waals surface area contributed by atoms with E-state index in [1.165, 1.54) is 0 Å². The fraction of sp³-hybridized carbons (Fsp3) is 0.250. The number of nitrogens with zero attached hydrogens (tertiary/aromatic N) is 2. The third-order valence-electron chi connectivity index (χ3n) is 3.71. The number of hydrogen-bond donors (Lipinski definition) is 2. The van der Waals surface area contributed by atoms with E-state index >= 15 is 0 Å². The fourth-order valence-electron chi connectivity index (χ4n) is 2.66. The predicted molar refractivity (Wildman–Crippen MR) is 81.7 cm³/mol. The second-order valence-corrected chi connectivity index (χ2v) is 5.13. The van der Waals surface area contributed by atoms with Gasteiger partial charge in [0, 0.05) is 43.3 Å². The van der Waals surface area contributed by atoms with Crippen molar-refractivity contribution in [2.45, 2.75) is 6.04 Å². The second-order valence-electron chi connectivity index (χ2n) is 5.13. The normalized spacial score (nSPS) is 18.5. The largest absolute Gasteiger partial charge is 0.399 e. The van der Waals surface area contributed by atoms with E-state index in [0.717, 1.165) is 18.7 Å². The van der Waals surface area contributed by atoms with Gasteiger partial charge in [0.25, 0.3) is 5.91 Å². The highest BCUT2D eigenvalue weighted by molar-refractivity contribution is 5.95. The minimum atomic E-state index is 0.00128. The van der Waals surface area contributed by atoms with Crippen molar-refractivity contribution in [2.75, 3.05) is 25.4 Å². The van der Waals surface area contributed by atoms with Gasteiger partial charge in [-0.3, -0.25) is 9.78 Å². The molecule has 108 valence electrons. The molecule has 1 atom stereocenters. The van der Waals surface area contributed by atoms with Crippen molar-refractivity contribution < 1.29 is 4.79 Å². The third-order valence-corrected chi connectivity index (χ3v) is 3.71. The molecule has 0 bridgehead atoms. The van der Waals surface area contributed by atoms with E-state index in [2.05, 4.69) is 10.3 Å². The maximum atomic E-state index is 12.8. The lowest BCUT2D eigenvalue weighted by atomic mass is 10.0. The van der Waals surface area contributed by atoms with Crippen LogP contribution in [0.2, 0.25) is 0 Å². The zero-order chi connectivity index (χ0) is 14.7. The average molecular weight is 282 g/mol. The molecule has 2 heterocycles. The van der Waals surface area contributed by atoms with Crippen LogP contribution in [0, 0.1) is 0 Å². The molecule has 1 saturated heterocycles. The van der Waals surface area contributed by atoms with Crippen molar-refractivity contribution in [3.05, 3.63) is 59.9 Å². The van der Waals surface area contributed by atoms with Gasteiger partial charge in [-0.1, -0.05) is 12.1 Å². The molecule has 2 aromatic rings. The second kappa shape index (κ2) is 5.93. The van der Waals surface area contributed by atoms with Crippen LogP contribution >= 0.6 is 0 Å². The van der Waals surface area contributed by atoms with Gasteiger partial charge in [0.05, 0.1) is 6.04 Å². The van der Waals surface area contributed by atoms with Crippen LogP contribution in [0.15, 0.2) is 48.8 Å². The van der Waals surface area contributed by atoms with E-state index in [1.807, 2.05) is 29.3 Å². The van der Waals surface area contributed by atoms with Gasteiger partial charge in [-0.15, -0.1) is 0 Å². The summed E-state index contributed by atoms with van der Waals surface area (Å²) >= 11 is 0. The van der Waals surface area contributed by atoms with E-state index in [1.54, 1.807) is 24.4 Å². The number of benzene rings is 1. The van der Waals surface area contributed by atoms with Crippen LogP contribution in [0.25, 0.3) is 0 Å². The van der Waals surface area contributed by atoms with Crippen molar-refractivity contribution in [1.82, 2.24) is 15.2 Å². The topological polar surface area (TPSA) is 71.2 Å². The molecule has 1 aliphatic rings. The Balaban J connectivity index is 1.89. The summed E-state index contributed by atoms with van der Waals surface area (Å²) in [7, 11) is 0. The number of nitrogens with two attached hydrogens (primary N) is 1. The Morgan fingerprint density at radius 1 is 1.33 bits per heavy atom. The summed E-state index contributed by atoms with van der Waals surface area (Å²) in [5.41, 5.74) is 8.06. The van der Waals surface area contributed by atoms with E-state index in [-0.39, 0.29) is 11.9 Å². The molecule has 3 N–H and O–H groups in total. The highest BCUT2D eigenvalue weighted by Gasteiger charge is 2.28. The van der Waals surface area contributed by atoms with Crippen molar-refractivity contribution in [2.24, 2.45) is 0 Å². The Hall–Kier alpha value is -2.40. The molecule has 21 heavy (non-hydrogen) atoms. The number of nitrogens with one attached hydrogen (secondary N) is 1. The molecule has 1 fully saturated rings. The molecule has 1 unspecified atom stereocenters. The van der Waals surface area contributed by atoms with E-state index in [0.29, 0.717) is 17.8 Å². The fourth-order valence-corrected chi connectivity index (χ4v) is 2.66. The smallest absolute Gasteiger partial charge is 0.254 e. The van der Waals surface area contributed by atoms with Gasteiger partial charge < -0.3 is 16.0 Å². The monoisotopic (exact) mass is 282 g/mol. The summed E-state index contributed by atoms with van der Waals surface area (Å²) in [6.45, 7) is 2.21. The average Bonchev–Trinajstić information content (AvgIpc) is 2.55. The minimum absolute atomic E-state index is 0.00128. The van der Waals surface area contributed by atoms with Gasteiger partial charge in [-0.25, -0.2) is 0 Å². The van der Waals surface area contributed by atoms with Crippen molar-refractivity contribution >= 4 is 11.6 Å². The molecule has 1 aromatic carbocycles. The van der Waals surface area contributed by atoms with Crippen LogP contribution in [0.5, 0.6) is 0 Å². The lowest BCUT2D eigenvalue weighted by Gasteiger charge is -2.36. The number of carbonyl (C=O) groups excluding carboxylic acids is 1. The maximum Gasteiger partial charge on any atom is 0.254 e. The molecule has 1 amide bonds. The van der Waals surface area contributed by atoms with E-state index < -0.39 is 0 Å². The van der Waals surface area contributed by atoms with E-state index in [9.17, 15) is 4.79 Å². The predicted octanol–water partition coefficient (Wildman–Crippen LogP) is 1.45. The van der Waals surface area contributed by atoms with Crippen LogP contribution in [0.3, 0.4) is 0 Å². The van der Waals surface area contributed by atoms with Gasteiger partial charge in [-0.05, 0) is 29.8 Å². The molecule has 0 aliphatic carbocycles. The van der Waals surface area contributed by atoms with Gasteiger partial charge in [0.15, 0.2) is 0 Å². The number of aromatic nitrogens is 1. The summed E-state index contributed by atoms with van der Waals surface area (Å²) in [4.78, 5) is 18.8. The lowest BCUT2D eigenvalue weighted by Crippen LogP contribution is -2.48. The molecule has 0 saturated carbocycles. The number of amides is 1. The Labute approximate surface area is 123 Å². The zero-order valence-corrected chi connectivity index (χ0v) is 11.7. The van der Waals surface area contributed by atoms with Crippen LogP contribution in [0.1, 0.15) is 22.0 Å². The Morgan fingerprint density at radius 3 is 3.00 bits per heavy atom. The van der Waals surface area contributed by atoms with Gasteiger partial charge in [-0.2, -0.15) is 0 Å². The number of rotatable bonds is 2. The first-order valence-electron chi connectivity index (χ1n) is 7.03. The van der Waals surface area contributed by atoms with Crippen LogP contribution in [-0.4, -0.2) is 35.4 Å². The summed E-state index contributed by atoms with van der Waals surface area (Å²) in [5.74, 6) is 0.0117. The Bertz CT molecular complexity index is 629. The molecule has 5 nitrogen and oxygen atoms in total. The molecule has 3 rings (SSSR count). The molecular weight excluding hydrogens is 264 g/mol. The SMILES string of the molecule is Nc1cccc(C(=O)N2CCNCC2c2cccnc2)c1. The Kier molecular flexibility index (Phi) is 3.83. The number of anilines is 1. The van der Waals surface area contributed by atoms with Gasteiger partial charge in [0.1, 0.15) is 0 Å². The minimum Gasteiger partial charge on any atom is -0.399 e. The zero-order valence-electron chi connectivity index (χ0n) is 11.7. The Morgan fingerprint density at radius 2 is 2.24 bits per heavy atom. The maximum absolute atomic E-state index is 12.8. The third kappa shape index (κ3) is 2.87. The summed E-state index contributed by atoms with van der Waals surface area (Å²) < 4.78 is 0. The quantitative estimate of drug-likeness (QED) is 0.818. The van der Waals surface area contributed by atoms with Crippen LogP contribution < -0.4 is 11.1 Å². The van der Waals surface area contributed by atoms with Crippen LogP contribution in [-0.2, 0) is 0 Å². The number of nitrogen functional groups attached to an aromatic ring is 1. The molecular formula is C16H18N4O. The highest BCUT2D eigenvalue weighted by Crippen LogP contribution is 2.24. The lowest BCUT2D eigenvalue weighted by molar-refractivity contribution is 0.0634. The van der Waals surface area contributed by atoms with Crippen molar-refractivity contribution in [3.8, 4) is 0 Å². The standard InChI is InChI=1S/C16H18N4O/c17-14-5-1-3-12(9-14)16(21)20-8-7-19-11-15(20)13-4-2-6-18-10-13/h1-6,9-10,15,19H,7-8,11,17H2. The number of hydrogen-bond acceptors (Lipinski definition) is 4. The van der Waals surface area contributed by atoms with Crippen molar-refractivity contribution in [3.63, 3.8) is 0 Å². The number of pyridine rings is 1. The first-order chi connectivity index (χ1) is 10.3. The first-order valence-corrected chi connectivity index (χ1v) is 7.03. The van der Waals surface area contributed by atoms with E-state index in [4.69, 9.17) is 5.73 Å². The summed E-state index contributed by atoms with van der Waals surface area (Å²) in [6.07, 6.45) is 3.56. The van der Waals surface area contributed by atoms with Crippen molar-refractivity contribution in [1.29, 1.82) is 0 Å². The molecule has 0 radical (unpaired) electrons. The number of carbonyl (C=O) groups is 1. The molecule has 1 aliphatic heterocycles. The summed E-state index contributed by atoms with van der Waals surface area (Å²) in [5, 5.41) is 3.33. The molecule has 1 aromatic heterocycles. The van der Waals surface area contributed by atoms with Crippen LogP contribution in [0.4, 0.5) is 5.69 Å². The summed E-state index contributed by atoms with van der Waals surface area (Å²) in [6, 6.07) is 11.0. The highest BCUT2D eigenvalue weighted by atomic mass is 16.2. The van der Waals surface area contributed by atoms with Gasteiger partial charge >= 0.3 is 0 Å². The molecule has 5 heteroatoms. The first kappa shape index (κ1) is 13.6. The van der Waals surface area contributed by atoms with Gasteiger partial charge in [0.2, 0.25) is 0 Å². The number of piperazine rings is 1. The molecule has 0 spiro atoms.